The Morgan fingerprint density at radius 1 is 1.25 bits per heavy atom. The predicted octanol–water partition coefficient (Wildman–Crippen LogP) is 3.53. The molecule has 6 heteroatoms. The minimum absolute atomic E-state index is 0.469. The van der Waals surface area contributed by atoms with Gasteiger partial charge in [-0.25, -0.2) is 4.98 Å². The van der Waals surface area contributed by atoms with Crippen molar-refractivity contribution in [3.05, 3.63) is 45.9 Å². The minimum atomic E-state index is 0.469. The lowest BCUT2D eigenvalue weighted by Gasteiger charge is -2.13. The van der Waals surface area contributed by atoms with E-state index in [0.29, 0.717) is 25.6 Å². The molecule has 0 amide bonds. The molecule has 0 aliphatic carbocycles. The molecule has 0 spiro atoms. The Hall–Kier alpha value is -2.08. The quantitative estimate of drug-likeness (QED) is 0.595. The van der Waals surface area contributed by atoms with E-state index in [0.717, 1.165) is 23.0 Å². The number of para-hydroxylation sites is 1. The summed E-state index contributed by atoms with van der Waals surface area (Å²) in [6, 6.07) is 8.04. The zero-order chi connectivity index (χ0) is 17.4. The van der Waals surface area contributed by atoms with E-state index in [1.54, 1.807) is 18.4 Å². The van der Waals surface area contributed by atoms with Crippen LogP contribution in [0.1, 0.15) is 43.0 Å². The molecule has 0 fully saturated rings. The number of hydrogen-bond acceptors (Lipinski definition) is 4. The van der Waals surface area contributed by atoms with Crippen LogP contribution in [0.25, 0.3) is 0 Å². The van der Waals surface area contributed by atoms with Crippen molar-refractivity contribution < 1.29 is 4.74 Å². The molecule has 24 heavy (non-hydrogen) atoms. The molecule has 2 rings (SSSR count). The van der Waals surface area contributed by atoms with Crippen LogP contribution < -0.4 is 15.4 Å². The molecule has 130 valence electrons. The highest BCUT2D eigenvalue weighted by Gasteiger charge is 2.07. The van der Waals surface area contributed by atoms with E-state index < -0.39 is 0 Å². The summed E-state index contributed by atoms with van der Waals surface area (Å²) in [7, 11) is 1.77. The highest BCUT2D eigenvalue weighted by molar-refractivity contribution is 7.09. The normalized spacial score (nSPS) is 11.6. The third-order valence-corrected chi connectivity index (χ3v) is 4.64. The molecule has 1 heterocycles. The average molecular weight is 347 g/mol. The summed E-state index contributed by atoms with van der Waals surface area (Å²) in [6.07, 6.45) is 0. The second kappa shape index (κ2) is 9.27. The molecular weight excluding hydrogens is 320 g/mol. The van der Waals surface area contributed by atoms with Crippen molar-refractivity contribution >= 4 is 17.3 Å². The number of aliphatic imine (C=N–C) groups is 1. The van der Waals surface area contributed by atoms with Crippen molar-refractivity contribution in [1.82, 2.24) is 15.6 Å². The SMILES string of the molecule is CCOc1ccccc1CNC(=NC)NCc1csc(C(C)C)n1. The fraction of sp³-hybridized carbons (Fsp3) is 0.444. The van der Waals surface area contributed by atoms with Crippen LogP contribution >= 0.6 is 11.3 Å². The van der Waals surface area contributed by atoms with E-state index >= 15 is 0 Å². The maximum Gasteiger partial charge on any atom is 0.191 e. The summed E-state index contributed by atoms with van der Waals surface area (Å²) in [5.74, 6) is 2.13. The number of thiazole rings is 1. The molecule has 2 N–H and O–H groups in total. The molecule has 0 aliphatic rings. The number of benzene rings is 1. The second-order valence-electron chi connectivity index (χ2n) is 5.65. The molecule has 5 nitrogen and oxygen atoms in total. The fourth-order valence-electron chi connectivity index (χ4n) is 2.19. The highest BCUT2D eigenvalue weighted by Crippen LogP contribution is 2.19. The van der Waals surface area contributed by atoms with E-state index in [9.17, 15) is 0 Å². The third-order valence-electron chi connectivity index (χ3n) is 3.44. The molecule has 0 saturated heterocycles. The summed E-state index contributed by atoms with van der Waals surface area (Å²) in [5.41, 5.74) is 2.15. The first-order chi connectivity index (χ1) is 11.6. The monoisotopic (exact) mass is 346 g/mol. The van der Waals surface area contributed by atoms with E-state index in [4.69, 9.17) is 4.74 Å². The Morgan fingerprint density at radius 3 is 2.67 bits per heavy atom. The van der Waals surface area contributed by atoms with Gasteiger partial charge in [-0.3, -0.25) is 4.99 Å². The van der Waals surface area contributed by atoms with Crippen molar-refractivity contribution in [2.24, 2.45) is 4.99 Å². The van der Waals surface area contributed by atoms with Gasteiger partial charge in [0.25, 0.3) is 0 Å². The molecule has 2 aromatic rings. The molecule has 0 radical (unpaired) electrons. The molecule has 1 aromatic heterocycles. The standard InChI is InChI=1S/C18H26N4OS/c1-5-23-16-9-7-6-8-14(16)10-20-18(19-4)21-11-15-12-24-17(22-15)13(2)3/h6-9,12-13H,5,10-11H2,1-4H3,(H2,19,20,21). The molecule has 0 atom stereocenters. The van der Waals surface area contributed by atoms with E-state index in [1.165, 1.54) is 5.01 Å². The number of aromatic nitrogens is 1. The topological polar surface area (TPSA) is 58.5 Å². The minimum Gasteiger partial charge on any atom is -0.494 e. The van der Waals surface area contributed by atoms with Gasteiger partial charge in [-0.1, -0.05) is 32.0 Å². The van der Waals surface area contributed by atoms with Gasteiger partial charge in [0.2, 0.25) is 0 Å². The van der Waals surface area contributed by atoms with Gasteiger partial charge in [0.1, 0.15) is 5.75 Å². The number of hydrogen-bond donors (Lipinski definition) is 2. The number of nitrogens with one attached hydrogen (secondary N) is 2. The Bertz CT molecular complexity index is 667. The van der Waals surface area contributed by atoms with Crippen LogP contribution in [0.5, 0.6) is 5.75 Å². The molecule has 0 bridgehead atoms. The Labute approximate surface area is 148 Å². The van der Waals surface area contributed by atoms with Crippen molar-refractivity contribution in [1.29, 1.82) is 0 Å². The Balaban J connectivity index is 1.88. The summed E-state index contributed by atoms with van der Waals surface area (Å²) in [4.78, 5) is 8.89. The van der Waals surface area contributed by atoms with Crippen LogP contribution in [0, 0.1) is 0 Å². The van der Waals surface area contributed by atoms with Gasteiger partial charge in [-0.2, -0.15) is 0 Å². The predicted molar refractivity (Wildman–Crippen MR) is 101 cm³/mol. The van der Waals surface area contributed by atoms with Crippen molar-refractivity contribution in [2.75, 3.05) is 13.7 Å². The number of guanidine groups is 1. The van der Waals surface area contributed by atoms with Crippen LogP contribution in [-0.2, 0) is 13.1 Å². The first kappa shape index (κ1) is 18.3. The first-order valence-electron chi connectivity index (χ1n) is 8.23. The van der Waals surface area contributed by atoms with Crippen LogP contribution in [0.3, 0.4) is 0 Å². The van der Waals surface area contributed by atoms with Gasteiger partial charge in [0.15, 0.2) is 5.96 Å². The molecule has 1 aromatic carbocycles. The van der Waals surface area contributed by atoms with Gasteiger partial charge >= 0.3 is 0 Å². The summed E-state index contributed by atoms with van der Waals surface area (Å²) in [6.45, 7) is 8.29. The number of nitrogens with zero attached hydrogens (tertiary/aromatic N) is 2. The zero-order valence-corrected chi connectivity index (χ0v) is 15.6. The molecule has 0 saturated carbocycles. The lowest BCUT2D eigenvalue weighted by atomic mass is 10.2. The molecule has 0 unspecified atom stereocenters. The smallest absolute Gasteiger partial charge is 0.191 e. The maximum absolute atomic E-state index is 5.65. The summed E-state index contributed by atoms with van der Waals surface area (Å²) in [5, 5.41) is 9.89. The largest absolute Gasteiger partial charge is 0.494 e. The fourth-order valence-corrected chi connectivity index (χ4v) is 3.02. The highest BCUT2D eigenvalue weighted by atomic mass is 32.1. The Morgan fingerprint density at radius 2 is 2.00 bits per heavy atom. The summed E-state index contributed by atoms with van der Waals surface area (Å²) < 4.78 is 5.65. The number of ether oxygens (including phenoxy) is 1. The van der Waals surface area contributed by atoms with Gasteiger partial charge < -0.3 is 15.4 Å². The lowest BCUT2D eigenvalue weighted by Crippen LogP contribution is -2.36. The van der Waals surface area contributed by atoms with Crippen LogP contribution in [0.15, 0.2) is 34.6 Å². The average Bonchev–Trinajstić information content (AvgIpc) is 3.06. The first-order valence-corrected chi connectivity index (χ1v) is 9.11. The van der Waals surface area contributed by atoms with Gasteiger partial charge in [-0.15, -0.1) is 11.3 Å². The Kier molecular flexibility index (Phi) is 7.06. The van der Waals surface area contributed by atoms with Gasteiger partial charge in [0, 0.05) is 30.5 Å². The third kappa shape index (κ3) is 5.23. The lowest BCUT2D eigenvalue weighted by molar-refractivity contribution is 0.336. The second-order valence-corrected chi connectivity index (χ2v) is 6.54. The maximum atomic E-state index is 5.65. The zero-order valence-electron chi connectivity index (χ0n) is 14.8. The van der Waals surface area contributed by atoms with Crippen molar-refractivity contribution in [3.63, 3.8) is 0 Å². The van der Waals surface area contributed by atoms with E-state index in [1.807, 2.05) is 25.1 Å². The summed E-state index contributed by atoms with van der Waals surface area (Å²) >= 11 is 1.71. The van der Waals surface area contributed by atoms with Gasteiger partial charge in [0.05, 0.1) is 23.9 Å². The van der Waals surface area contributed by atoms with Crippen molar-refractivity contribution in [3.8, 4) is 5.75 Å². The molecule has 0 aliphatic heterocycles. The van der Waals surface area contributed by atoms with Crippen LogP contribution in [-0.4, -0.2) is 24.6 Å². The number of rotatable bonds is 7. The van der Waals surface area contributed by atoms with Gasteiger partial charge in [-0.05, 0) is 13.0 Å². The van der Waals surface area contributed by atoms with E-state index in [-0.39, 0.29) is 0 Å². The van der Waals surface area contributed by atoms with Crippen LogP contribution in [0.4, 0.5) is 0 Å². The van der Waals surface area contributed by atoms with Crippen molar-refractivity contribution in [2.45, 2.75) is 39.8 Å². The molecular formula is C18H26N4OS. The van der Waals surface area contributed by atoms with E-state index in [2.05, 4.69) is 45.9 Å². The van der Waals surface area contributed by atoms with Crippen LogP contribution in [0.2, 0.25) is 0 Å².